The number of carbonyl (C=O) groups excluding carboxylic acids is 3. The molecule has 4 aromatic carbocycles. The van der Waals surface area contributed by atoms with Gasteiger partial charge < -0.3 is 5.32 Å². The number of fused-ring (bicyclic) bond motifs is 6. The Balaban J connectivity index is 1.36. The van der Waals surface area contributed by atoms with Crippen molar-refractivity contribution in [3.05, 3.63) is 108 Å². The monoisotopic (exact) mass is 486 g/mol. The summed E-state index contributed by atoms with van der Waals surface area (Å²) in [5, 5.41) is 10.9. The Morgan fingerprint density at radius 2 is 1.46 bits per heavy atom. The molecular formula is C30H22N4O3. The minimum absolute atomic E-state index is 0.303. The molecule has 3 aliphatic heterocycles. The van der Waals surface area contributed by atoms with Crippen LogP contribution in [0.5, 0.6) is 0 Å². The molecule has 7 rings (SSSR count). The lowest BCUT2D eigenvalue weighted by Crippen LogP contribution is -2.46. The largest absolute Gasteiger partial charge is 0.324 e. The number of nitrogens with zero attached hydrogens (tertiary/aromatic N) is 3. The second-order valence-corrected chi connectivity index (χ2v) is 9.56. The Morgan fingerprint density at radius 1 is 0.757 bits per heavy atom. The van der Waals surface area contributed by atoms with Crippen molar-refractivity contribution >= 4 is 46.1 Å². The van der Waals surface area contributed by atoms with Crippen LogP contribution < -0.4 is 10.2 Å². The molecule has 3 aliphatic rings. The number of hydrogen-bond donors (Lipinski definition) is 1. The molecule has 37 heavy (non-hydrogen) atoms. The first-order valence-electron chi connectivity index (χ1n) is 12.3. The van der Waals surface area contributed by atoms with Crippen LogP contribution in [-0.4, -0.2) is 35.0 Å². The fourth-order valence-corrected chi connectivity index (χ4v) is 6.05. The van der Waals surface area contributed by atoms with Gasteiger partial charge in [0.1, 0.15) is 6.04 Å². The topological polar surface area (TPSA) is 82.1 Å². The summed E-state index contributed by atoms with van der Waals surface area (Å²) >= 11 is 0. The summed E-state index contributed by atoms with van der Waals surface area (Å²) in [5.74, 6) is -2.65. The van der Waals surface area contributed by atoms with Gasteiger partial charge in [-0.3, -0.25) is 19.4 Å². The maximum Gasteiger partial charge on any atom is 0.249 e. The number of para-hydroxylation sites is 1. The molecule has 1 N–H and O–H groups in total. The average Bonchev–Trinajstić information content (AvgIpc) is 3.41. The second kappa shape index (κ2) is 8.13. The number of benzene rings is 4. The number of rotatable bonds is 3. The number of hydrazone groups is 1. The quantitative estimate of drug-likeness (QED) is 0.437. The summed E-state index contributed by atoms with van der Waals surface area (Å²) in [4.78, 5) is 43.3. The second-order valence-electron chi connectivity index (χ2n) is 9.56. The molecule has 0 saturated carbocycles. The molecule has 4 atom stereocenters. The lowest BCUT2D eigenvalue weighted by atomic mass is 9.85. The van der Waals surface area contributed by atoms with E-state index in [1.807, 2.05) is 78.9 Å². The van der Waals surface area contributed by atoms with E-state index in [0.29, 0.717) is 11.4 Å². The van der Waals surface area contributed by atoms with Crippen LogP contribution in [0.15, 0.2) is 102 Å². The molecule has 180 valence electrons. The van der Waals surface area contributed by atoms with Gasteiger partial charge in [0.05, 0.1) is 29.8 Å². The summed E-state index contributed by atoms with van der Waals surface area (Å²) in [7, 11) is 0. The molecule has 2 saturated heterocycles. The zero-order valence-electron chi connectivity index (χ0n) is 19.7. The number of hydrogen-bond acceptors (Lipinski definition) is 5. The fraction of sp³-hybridized carbons (Fsp3) is 0.133. The van der Waals surface area contributed by atoms with Gasteiger partial charge in [-0.2, -0.15) is 5.10 Å². The van der Waals surface area contributed by atoms with E-state index in [0.717, 1.165) is 21.9 Å². The molecular weight excluding hydrogens is 464 g/mol. The minimum atomic E-state index is -0.934. The summed E-state index contributed by atoms with van der Waals surface area (Å²) in [5.41, 5.74) is 2.94. The van der Waals surface area contributed by atoms with Gasteiger partial charge in [0.25, 0.3) is 0 Å². The van der Waals surface area contributed by atoms with Gasteiger partial charge in [-0.25, -0.2) is 4.90 Å². The number of anilines is 2. The number of carbonyl (C=O) groups is 3. The van der Waals surface area contributed by atoms with Gasteiger partial charge >= 0.3 is 0 Å². The zero-order valence-corrected chi connectivity index (χ0v) is 19.7. The Bertz CT molecular complexity index is 1610. The lowest BCUT2D eigenvalue weighted by Gasteiger charge is -2.33. The molecule has 0 aliphatic carbocycles. The standard InChI is InChI=1S/C30H22N4O3/c35-28(32-20-12-2-1-3-13-20)27-25-24(26-22-15-7-5-10-19(22)17-31-34(26)27)29(36)33(30(25)37)23-16-8-11-18-9-4-6-14-21(18)23/h1-17,24-27H,(H,32,35)/t24-,25+,26+,27-/m1/s1. The van der Waals surface area contributed by atoms with Crippen LogP contribution in [0.1, 0.15) is 17.2 Å². The van der Waals surface area contributed by atoms with E-state index in [4.69, 9.17) is 0 Å². The molecule has 3 amide bonds. The molecule has 3 heterocycles. The van der Waals surface area contributed by atoms with E-state index >= 15 is 0 Å². The van der Waals surface area contributed by atoms with Crippen LogP contribution >= 0.6 is 0 Å². The van der Waals surface area contributed by atoms with E-state index in [2.05, 4.69) is 10.4 Å². The smallest absolute Gasteiger partial charge is 0.249 e. The van der Waals surface area contributed by atoms with Crippen molar-refractivity contribution in [1.82, 2.24) is 5.01 Å². The van der Waals surface area contributed by atoms with Gasteiger partial charge in [0.15, 0.2) is 0 Å². The molecule has 2 fully saturated rings. The Hall–Kier alpha value is -4.78. The normalized spacial score (nSPS) is 23.7. The predicted molar refractivity (Wildman–Crippen MR) is 141 cm³/mol. The van der Waals surface area contributed by atoms with Crippen LogP contribution in [-0.2, 0) is 14.4 Å². The third-order valence-electron chi connectivity index (χ3n) is 7.61. The molecule has 0 unspecified atom stereocenters. The molecule has 7 heteroatoms. The Kier molecular flexibility index (Phi) is 4.72. The molecule has 0 spiro atoms. The van der Waals surface area contributed by atoms with Crippen LogP contribution in [0.3, 0.4) is 0 Å². The number of imide groups is 1. The highest BCUT2D eigenvalue weighted by Crippen LogP contribution is 2.53. The maximum absolute atomic E-state index is 14.1. The van der Waals surface area contributed by atoms with Gasteiger partial charge in [-0.1, -0.05) is 78.9 Å². The van der Waals surface area contributed by atoms with Crippen molar-refractivity contribution in [2.75, 3.05) is 10.2 Å². The molecule has 0 radical (unpaired) electrons. The summed E-state index contributed by atoms with van der Waals surface area (Å²) < 4.78 is 0. The van der Waals surface area contributed by atoms with Crippen molar-refractivity contribution in [1.29, 1.82) is 0 Å². The van der Waals surface area contributed by atoms with Crippen LogP contribution in [0.4, 0.5) is 11.4 Å². The van der Waals surface area contributed by atoms with Crippen LogP contribution in [0.2, 0.25) is 0 Å². The summed E-state index contributed by atoms with van der Waals surface area (Å²) in [6, 6.07) is 28.6. The van der Waals surface area contributed by atoms with Gasteiger partial charge in [0.2, 0.25) is 17.7 Å². The third kappa shape index (κ3) is 3.13. The van der Waals surface area contributed by atoms with Crippen molar-refractivity contribution in [3.8, 4) is 0 Å². The van der Waals surface area contributed by atoms with Crippen molar-refractivity contribution < 1.29 is 14.4 Å². The lowest BCUT2D eigenvalue weighted by molar-refractivity contribution is -0.129. The summed E-state index contributed by atoms with van der Waals surface area (Å²) in [6.45, 7) is 0. The van der Waals surface area contributed by atoms with Crippen LogP contribution in [0, 0.1) is 11.8 Å². The van der Waals surface area contributed by atoms with Gasteiger partial charge in [-0.15, -0.1) is 0 Å². The molecule has 0 bridgehead atoms. The number of amides is 3. The van der Waals surface area contributed by atoms with Crippen molar-refractivity contribution in [2.24, 2.45) is 16.9 Å². The highest BCUT2D eigenvalue weighted by molar-refractivity contribution is 6.26. The Labute approximate surface area is 213 Å². The van der Waals surface area contributed by atoms with Gasteiger partial charge in [0, 0.05) is 11.1 Å². The predicted octanol–water partition coefficient (Wildman–Crippen LogP) is 4.36. The SMILES string of the molecule is O=C(Nc1ccccc1)[C@H]1[C@H]2C(=O)N(c3cccc4ccccc34)C(=O)[C@H]2[C@@H]2c3ccccc3C=NN12. The van der Waals surface area contributed by atoms with E-state index in [-0.39, 0.29) is 17.7 Å². The molecule has 4 aromatic rings. The van der Waals surface area contributed by atoms with Crippen LogP contribution in [0.25, 0.3) is 10.8 Å². The average molecular weight is 487 g/mol. The first-order valence-corrected chi connectivity index (χ1v) is 12.3. The first-order chi connectivity index (χ1) is 18.1. The zero-order chi connectivity index (χ0) is 25.1. The number of nitrogens with one attached hydrogen (secondary N) is 1. The Morgan fingerprint density at radius 3 is 2.32 bits per heavy atom. The van der Waals surface area contributed by atoms with E-state index < -0.39 is 23.9 Å². The molecule has 7 nitrogen and oxygen atoms in total. The van der Waals surface area contributed by atoms with Gasteiger partial charge in [-0.05, 0) is 34.7 Å². The van der Waals surface area contributed by atoms with E-state index in [1.54, 1.807) is 29.4 Å². The van der Waals surface area contributed by atoms with Crippen molar-refractivity contribution in [2.45, 2.75) is 12.1 Å². The molecule has 0 aromatic heterocycles. The fourth-order valence-electron chi connectivity index (χ4n) is 6.05. The third-order valence-corrected chi connectivity index (χ3v) is 7.61. The van der Waals surface area contributed by atoms with Crippen molar-refractivity contribution in [3.63, 3.8) is 0 Å². The van der Waals surface area contributed by atoms with E-state index in [9.17, 15) is 14.4 Å². The van der Waals surface area contributed by atoms with E-state index in [1.165, 1.54) is 4.90 Å². The summed E-state index contributed by atoms with van der Waals surface area (Å²) in [6.07, 6.45) is 1.70. The minimum Gasteiger partial charge on any atom is -0.324 e. The highest BCUT2D eigenvalue weighted by Gasteiger charge is 2.65. The maximum atomic E-state index is 14.1. The first kappa shape index (κ1) is 21.5. The highest BCUT2D eigenvalue weighted by atomic mass is 16.2.